The van der Waals surface area contributed by atoms with Gasteiger partial charge in [0.05, 0.1) is 11.6 Å². The number of hydrogen-bond donors (Lipinski definition) is 1. The number of rotatable bonds is 3. The van der Waals surface area contributed by atoms with Gasteiger partial charge in [-0.2, -0.15) is 0 Å². The van der Waals surface area contributed by atoms with Crippen LogP contribution in [0.25, 0.3) is 11.3 Å². The number of aromatic nitrogens is 1. The zero-order valence-corrected chi connectivity index (χ0v) is 16.5. The molecule has 1 atom stereocenters. The number of anilines is 1. The minimum absolute atomic E-state index is 0.0730. The van der Waals surface area contributed by atoms with Crippen molar-refractivity contribution in [1.82, 2.24) is 14.8 Å². The van der Waals surface area contributed by atoms with Crippen LogP contribution in [-0.4, -0.2) is 53.9 Å². The average Bonchev–Trinajstić information content (AvgIpc) is 3.01. The number of piperidine rings is 1. The van der Waals surface area contributed by atoms with E-state index in [1.165, 1.54) is 28.4 Å². The molecule has 1 aromatic carbocycles. The molecule has 6 nitrogen and oxygen atoms in total. The molecule has 1 saturated heterocycles. The number of amides is 3. The predicted molar refractivity (Wildman–Crippen MR) is 104 cm³/mol. The fourth-order valence-electron chi connectivity index (χ4n) is 3.18. The van der Waals surface area contributed by atoms with Gasteiger partial charge in [0, 0.05) is 37.6 Å². The third-order valence-corrected chi connectivity index (χ3v) is 5.48. The molecule has 0 aliphatic carbocycles. The maximum atomic E-state index is 13.1. The lowest BCUT2D eigenvalue weighted by atomic mass is 9.97. The van der Waals surface area contributed by atoms with Crippen molar-refractivity contribution in [3.63, 3.8) is 0 Å². The number of likely N-dealkylation sites (tertiary alicyclic amines) is 1. The van der Waals surface area contributed by atoms with E-state index in [0.29, 0.717) is 18.2 Å². The molecule has 1 aliphatic heterocycles. The van der Waals surface area contributed by atoms with E-state index in [0.717, 1.165) is 29.0 Å². The van der Waals surface area contributed by atoms with E-state index < -0.39 is 0 Å². The lowest BCUT2D eigenvalue weighted by Crippen LogP contribution is -2.47. The Morgan fingerprint density at radius 3 is 2.67 bits per heavy atom. The number of nitrogens with one attached hydrogen (secondary N) is 1. The summed E-state index contributed by atoms with van der Waals surface area (Å²) in [5, 5.41) is 3.41. The summed E-state index contributed by atoms with van der Waals surface area (Å²) in [7, 11) is 3.42. The second-order valence-electron chi connectivity index (χ2n) is 6.88. The molecule has 2 heterocycles. The van der Waals surface area contributed by atoms with Crippen molar-refractivity contribution < 1.29 is 14.0 Å². The number of thiazole rings is 1. The third-order valence-electron chi connectivity index (χ3n) is 4.59. The molecule has 2 aromatic rings. The highest BCUT2D eigenvalue weighted by molar-refractivity contribution is 7.16. The third kappa shape index (κ3) is 4.44. The van der Waals surface area contributed by atoms with Crippen molar-refractivity contribution in [3.8, 4) is 11.3 Å². The Bertz CT molecular complexity index is 835. The molecule has 8 heteroatoms. The lowest BCUT2D eigenvalue weighted by molar-refractivity contribution is -0.121. The van der Waals surface area contributed by atoms with E-state index in [-0.39, 0.29) is 23.7 Å². The van der Waals surface area contributed by atoms with E-state index in [4.69, 9.17) is 0 Å². The van der Waals surface area contributed by atoms with Gasteiger partial charge in [0.1, 0.15) is 5.82 Å². The molecule has 0 unspecified atom stereocenters. The summed E-state index contributed by atoms with van der Waals surface area (Å²) < 4.78 is 13.1. The van der Waals surface area contributed by atoms with Gasteiger partial charge >= 0.3 is 6.03 Å². The first-order valence-corrected chi connectivity index (χ1v) is 9.67. The van der Waals surface area contributed by atoms with Crippen molar-refractivity contribution in [2.45, 2.75) is 19.8 Å². The molecule has 144 valence electrons. The highest BCUT2D eigenvalue weighted by Gasteiger charge is 2.29. The number of hydrogen-bond acceptors (Lipinski definition) is 4. The normalized spacial score (nSPS) is 16.9. The summed E-state index contributed by atoms with van der Waals surface area (Å²) in [6, 6.07) is 6.07. The van der Waals surface area contributed by atoms with Gasteiger partial charge in [0.25, 0.3) is 0 Å². The largest absolute Gasteiger partial charge is 0.331 e. The summed E-state index contributed by atoms with van der Waals surface area (Å²) in [5.74, 6) is -0.666. The average molecular weight is 390 g/mol. The van der Waals surface area contributed by atoms with Gasteiger partial charge in [-0.05, 0) is 44.0 Å². The number of urea groups is 1. The molecule has 3 rings (SSSR count). The van der Waals surface area contributed by atoms with Crippen molar-refractivity contribution >= 4 is 28.4 Å². The highest BCUT2D eigenvalue weighted by atomic mass is 32.1. The standard InChI is InChI=1S/C19H23FN4O2S/c1-12-16(13-6-8-15(20)9-7-13)21-18(27-12)22-17(25)14-5-4-10-24(11-14)19(26)23(2)3/h6-9,14H,4-5,10-11H2,1-3H3,(H,21,22,25)/t14-/m0/s1. The van der Waals surface area contributed by atoms with Crippen LogP contribution in [0.1, 0.15) is 17.7 Å². The Labute approximate surface area is 162 Å². The number of benzene rings is 1. The van der Waals surface area contributed by atoms with Crippen molar-refractivity contribution in [1.29, 1.82) is 0 Å². The zero-order chi connectivity index (χ0) is 19.6. The van der Waals surface area contributed by atoms with Gasteiger partial charge in [-0.15, -0.1) is 11.3 Å². The molecule has 1 aliphatic rings. The quantitative estimate of drug-likeness (QED) is 0.871. The van der Waals surface area contributed by atoms with Gasteiger partial charge < -0.3 is 15.1 Å². The van der Waals surface area contributed by atoms with Crippen molar-refractivity contribution in [3.05, 3.63) is 35.0 Å². The smallest absolute Gasteiger partial charge is 0.319 e. The van der Waals surface area contributed by atoms with Gasteiger partial charge in [-0.1, -0.05) is 0 Å². The zero-order valence-electron chi connectivity index (χ0n) is 15.7. The van der Waals surface area contributed by atoms with Crippen LogP contribution in [0.3, 0.4) is 0 Å². The number of carbonyl (C=O) groups is 2. The van der Waals surface area contributed by atoms with E-state index >= 15 is 0 Å². The fraction of sp³-hybridized carbons (Fsp3) is 0.421. The number of aryl methyl sites for hydroxylation is 1. The van der Waals surface area contributed by atoms with Crippen LogP contribution in [0.2, 0.25) is 0 Å². The van der Waals surface area contributed by atoms with Crippen LogP contribution < -0.4 is 5.32 Å². The summed E-state index contributed by atoms with van der Waals surface area (Å²) in [5.41, 5.74) is 1.55. The van der Waals surface area contributed by atoms with Gasteiger partial charge in [-0.3, -0.25) is 4.79 Å². The van der Waals surface area contributed by atoms with Crippen LogP contribution in [0, 0.1) is 18.7 Å². The molecule has 27 heavy (non-hydrogen) atoms. The topological polar surface area (TPSA) is 65.5 Å². The van der Waals surface area contributed by atoms with Crippen LogP contribution in [-0.2, 0) is 4.79 Å². The number of nitrogens with zero attached hydrogens (tertiary/aromatic N) is 3. The molecule has 3 amide bonds. The van der Waals surface area contributed by atoms with E-state index in [1.807, 2.05) is 6.92 Å². The molecule has 1 N–H and O–H groups in total. The monoisotopic (exact) mass is 390 g/mol. The lowest BCUT2D eigenvalue weighted by Gasteiger charge is -2.33. The maximum Gasteiger partial charge on any atom is 0.319 e. The highest BCUT2D eigenvalue weighted by Crippen LogP contribution is 2.31. The summed E-state index contributed by atoms with van der Waals surface area (Å²) in [6.07, 6.45) is 1.55. The molecule has 0 spiro atoms. The first-order chi connectivity index (χ1) is 12.8. The van der Waals surface area contributed by atoms with Crippen LogP contribution in [0.4, 0.5) is 14.3 Å². The first-order valence-electron chi connectivity index (χ1n) is 8.85. The number of carbonyl (C=O) groups excluding carboxylic acids is 2. The Morgan fingerprint density at radius 1 is 1.30 bits per heavy atom. The minimum Gasteiger partial charge on any atom is -0.331 e. The summed E-state index contributed by atoms with van der Waals surface area (Å²) >= 11 is 1.39. The van der Waals surface area contributed by atoms with Crippen LogP contribution >= 0.6 is 11.3 Å². The SMILES string of the molecule is Cc1sc(NC(=O)[C@H]2CCCN(C(=O)N(C)C)C2)nc1-c1ccc(F)cc1. The van der Waals surface area contributed by atoms with E-state index in [2.05, 4.69) is 10.3 Å². The van der Waals surface area contributed by atoms with E-state index in [9.17, 15) is 14.0 Å². The fourth-order valence-corrected chi connectivity index (χ4v) is 4.02. The molecule has 0 saturated carbocycles. The Morgan fingerprint density at radius 2 is 2.00 bits per heavy atom. The predicted octanol–water partition coefficient (Wildman–Crippen LogP) is 3.59. The summed E-state index contributed by atoms with van der Waals surface area (Å²) in [6.45, 7) is 3.01. The second kappa shape index (κ2) is 8.04. The molecule has 0 bridgehead atoms. The Hall–Kier alpha value is -2.48. The summed E-state index contributed by atoms with van der Waals surface area (Å²) in [4.78, 5) is 33.5. The molecular weight excluding hydrogens is 367 g/mol. The Kier molecular flexibility index (Phi) is 5.74. The maximum absolute atomic E-state index is 13.1. The second-order valence-corrected chi connectivity index (χ2v) is 8.09. The van der Waals surface area contributed by atoms with Gasteiger partial charge in [0.15, 0.2) is 5.13 Å². The van der Waals surface area contributed by atoms with Crippen LogP contribution in [0.5, 0.6) is 0 Å². The van der Waals surface area contributed by atoms with Crippen molar-refractivity contribution in [2.75, 3.05) is 32.5 Å². The molecule has 1 aromatic heterocycles. The first kappa shape index (κ1) is 19.3. The number of halogens is 1. The molecule has 0 radical (unpaired) electrons. The van der Waals surface area contributed by atoms with E-state index in [1.54, 1.807) is 31.1 Å². The molecular formula is C19H23FN4O2S. The van der Waals surface area contributed by atoms with Crippen molar-refractivity contribution in [2.24, 2.45) is 5.92 Å². The van der Waals surface area contributed by atoms with Gasteiger partial charge in [-0.25, -0.2) is 14.2 Å². The molecule has 1 fully saturated rings. The minimum atomic E-state index is -0.297. The Balaban J connectivity index is 1.68. The van der Waals surface area contributed by atoms with Crippen LogP contribution in [0.15, 0.2) is 24.3 Å². The van der Waals surface area contributed by atoms with Gasteiger partial charge in [0.2, 0.25) is 5.91 Å².